The number of aromatic nitrogens is 2. The largest absolute Gasteiger partial charge is 0.469 e. The lowest BCUT2D eigenvalue weighted by Gasteiger charge is -2.35. The Morgan fingerprint density at radius 3 is 2.81 bits per heavy atom. The molecule has 0 spiro atoms. The second-order valence-corrected chi connectivity index (χ2v) is 7.88. The molecule has 3 aromatic heterocycles. The Balaban J connectivity index is 1.31. The zero-order valence-electron chi connectivity index (χ0n) is 16.9. The number of furan rings is 1. The molecule has 0 saturated carbocycles. The first kappa shape index (κ1) is 20.6. The molecule has 1 saturated heterocycles. The highest BCUT2D eigenvalue weighted by molar-refractivity contribution is 7.14. The van der Waals surface area contributed by atoms with E-state index in [2.05, 4.69) is 21.4 Å². The van der Waals surface area contributed by atoms with Crippen molar-refractivity contribution in [3.05, 3.63) is 58.6 Å². The lowest BCUT2D eigenvalue weighted by atomic mass is 10.2. The summed E-state index contributed by atoms with van der Waals surface area (Å²) >= 11 is 1.28. The summed E-state index contributed by atoms with van der Waals surface area (Å²) in [6, 6.07) is 7.25. The van der Waals surface area contributed by atoms with Gasteiger partial charge in [-0.1, -0.05) is 0 Å². The van der Waals surface area contributed by atoms with Crippen molar-refractivity contribution in [2.24, 2.45) is 0 Å². The maximum absolute atomic E-state index is 12.7. The third kappa shape index (κ3) is 4.57. The van der Waals surface area contributed by atoms with Crippen LogP contribution in [0.15, 0.2) is 40.5 Å². The molecule has 158 valence electrons. The van der Waals surface area contributed by atoms with Crippen molar-refractivity contribution in [1.29, 1.82) is 5.26 Å². The van der Waals surface area contributed by atoms with Gasteiger partial charge in [0.05, 0.1) is 29.5 Å². The summed E-state index contributed by atoms with van der Waals surface area (Å²) in [6.45, 7) is 4.04. The van der Waals surface area contributed by atoms with E-state index in [1.54, 1.807) is 41.6 Å². The Bertz CT molecular complexity index is 1140. The van der Waals surface area contributed by atoms with Crippen molar-refractivity contribution in [2.45, 2.75) is 13.3 Å². The number of rotatable bonds is 5. The molecule has 0 aromatic carbocycles. The summed E-state index contributed by atoms with van der Waals surface area (Å²) in [5.74, 6) is 0.886. The van der Waals surface area contributed by atoms with E-state index >= 15 is 0 Å². The van der Waals surface area contributed by atoms with Gasteiger partial charge >= 0.3 is 0 Å². The third-order valence-electron chi connectivity index (χ3n) is 5.05. The Labute approximate surface area is 182 Å². The molecule has 9 nitrogen and oxygen atoms in total. The van der Waals surface area contributed by atoms with Crippen molar-refractivity contribution < 1.29 is 14.0 Å². The van der Waals surface area contributed by atoms with Gasteiger partial charge in [0.2, 0.25) is 5.91 Å². The van der Waals surface area contributed by atoms with Gasteiger partial charge in [0.25, 0.3) is 5.91 Å². The Kier molecular flexibility index (Phi) is 5.95. The summed E-state index contributed by atoms with van der Waals surface area (Å²) < 4.78 is 5.15. The molecular formula is C21H20N6O3S. The molecule has 0 bridgehead atoms. The smallest absolute Gasteiger partial charge is 0.260 e. The number of thiazole rings is 1. The molecule has 3 aromatic rings. The van der Waals surface area contributed by atoms with Gasteiger partial charge in [-0.15, -0.1) is 11.3 Å². The van der Waals surface area contributed by atoms with Gasteiger partial charge < -0.3 is 14.2 Å². The number of nitrogens with one attached hydrogen (secondary N) is 1. The minimum Gasteiger partial charge on any atom is -0.469 e. The van der Waals surface area contributed by atoms with Crippen molar-refractivity contribution in [1.82, 2.24) is 14.9 Å². The zero-order valence-corrected chi connectivity index (χ0v) is 17.7. The van der Waals surface area contributed by atoms with Gasteiger partial charge in [0.1, 0.15) is 17.6 Å². The van der Waals surface area contributed by atoms with E-state index in [1.165, 1.54) is 17.6 Å². The number of carbonyl (C=O) groups is 2. The lowest BCUT2D eigenvalue weighted by Crippen LogP contribution is -2.49. The Morgan fingerprint density at radius 1 is 1.29 bits per heavy atom. The predicted molar refractivity (Wildman–Crippen MR) is 115 cm³/mol. The maximum atomic E-state index is 12.7. The van der Waals surface area contributed by atoms with E-state index in [0.717, 1.165) is 0 Å². The van der Waals surface area contributed by atoms with Gasteiger partial charge in [-0.3, -0.25) is 14.9 Å². The maximum Gasteiger partial charge on any atom is 0.260 e. The van der Waals surface area contributed by atoms with E-state index in [4.69, 9.17) is 4.42 Å². The third-order valence-corrected chi connectivity index (χ3v) is 5.85. The van der Waals surface area contributed by atoms with Crippen LogP contribution < -0.4 is 10.2 Å². The predicted octanol–water partition coefficient (Wildman–Crippen LogP) is 2.45. The molecule has 0 atom stereocenters. The van der Waals surface area contributed by atoms with Crippen LogP contribution in [-0.4, -0.2) is 52.9 Å². The highest BCUT2D eigenvalue weighted by atomic mass is 32.1. The van der Waals surface area contributed by atoms with Gasteiger partial charge in [-0.05, 0) is 25.1 Å². The lowest BCUT2D eigenvalue weighted by molar-refractivity contribution is -0.130. The van der Waals surface area contributed by atoms with Gasteiger partial charge in [-0.25, -0.2) is 9.97 Å². The van der Waals surface area contributed by atoms with E-state index in [1.807, 2.05) is 4.90 Å². The normalized spacial score (nSPS) is 13.7. The number of amides is 2. The number of pyridine rings is 1. The van der Waals surface area contributed by atoms with E-state index in [9.17, 15) is 14.9 Å². The van der Waals surface area contributed by atoms with E-state index < -0.39 is 0 Å². The average molecular weight is 436 g/mol. The number of hydrogen-bond donors (Lipinski definition) is 1. The number of carbonyl (C=O) groups excluding carboxylic acids is 2. The number of anilines is 2. The fourth-order valence-corrected chi connectivity index (χ4v) is 4.11. The van der Waals surface area contributed by atoms with Crippen molar-refractivity contribution in [3.8, 4) is 6.07 Å². The van der Waals surface area contributed by atoms with Crippen molar-refractivity contribution in [2.75, 3.05) is 36.4 Å². The molecule has 1 aliphatic heterocycles. The van der Waals surface area contributed by atoms with Gasteiger partial charge in [0, 0.05) is 37.8 Å². The SMILES string of the molecule is Cc1occc1C(=O)Nc1nc(CC(=O)N2CCN(c3ncccc3C#N)CC2)cs1. The standard InChI is InChI=1S/C21H20N6O3S/c1-14-17(4-10-30-14)20(29)25-21-24-16(13-31-21)11-18(28)26-6-8-27(9-7-26)19-15(12-22)3-2-5-23-19/h2-5,10,13H,6-9,11H2,1H3,(H,24,25,29). The molecule has 1 aliphatic rings. The van der Waals surface area contributed by atoms with Crippen LogP contribution in [0.5, 0.6) is 0 Å². The molecule has 31 heavy (non-hydrogen) atoms. The molecular weight excluding hydrogens is 416 g/mol. The average Bonchev–Trinajstić information content (AvgIpc) is 3.42. The van der Waals surface area contributed by atoms with E-state index in [-0.39, 0.29) is 18.2 Å². The number of nitriles is 1. The Morgan fingerprint density at radius 2 is 2.10 bits per heavy atom. The number of hydrogen-bond acceptors (Lipinski definition) is 8. The molecule has 1 N–H and O–H groups in total. The van der Waals surface area contributed by atoms with Crippen molar-refractivity contribution in [3.63, 3.8) is 0 Å². The summed E-state index contributed by atoms with van der Waals surface area (Å²) in [5.41, 5.74) is 1.61. The highest BCUT2D eigenvalue weighted by Crippen LogP contribution is 2.20. The van der Waals surface area contributed by atoms with Crippen LogP contribution in [-0.2, 0) is 11.2 Å². The second kappa shape index (κ2) is 8.97. The fraction of sp³-hybridized carbons (Fsp3) is 0.286. The van der Waals surface area contributed by atoms with Crippen LogP contribution in [0.2, 0.25) is 0 Å². The number of nitrogens with zero attached hydrogens (tertiary/aromatic N) is 5. The van der Waals surface area contributed by atoms with Gasteiger partial charge in [-0.2, -0.15) is 5.26 Å². The highest BCUT2D eigenvalue weighted by Gasteiger charge is 2.24. The minimum absolute atomic E-state index is 0.0185. The molecule has 1 fully saturated rings. The quantitative estimate of drug-likeness (QED) is 0.653. The first-order valence-electron chi connectivity index (χ1n) is 9.73. The summed E-state index contributed by atoms with van der Waals surface area (Å²) in [4.78, 5) is 37.4. The number of piperazine rings is 1. The van der Waals surface area contributed by atoms with Gasteiger partial charge in [0.15, 0.2) is 5.13 Å². The zero-order chi connectivity index (χ0) is 21.8. The molecule has 4 heterocycles. The molecule has 0 unspecified atom stereocenters. The molecule has 0 radical (unpaired) electrons. The first-order valence-corrected chi connectivity index (χ1v) is 10.6. The molecule has 2 amide bonds. The van der Waals surface area contributed by atoms with Crippen LogP contribution in [0, 0.1) is 18.3 Å². The van der Waals surface area contributed by atoms with Crippen molar-refractivity contribution >= 4 is 34.1 Å². The first-order chi connectivity index (χ1) is 15.0. The topological polar surface area (TPSA) is 115 Å². The summed E-state index contributed by atoms with van der Waals surface area (Å²) in [7, 11) is 0. The van der Waals surface area contributed by atoms with Crippen LogP contribution in [0.4, 0.5) is 10.9 Å². The Hall–Kier alpha value is -3.71. The van der Waals surface area contributed by atoms with E-state index in [0.29, 0.717) is 59.7 Å². The second-order valence-electron chi connectivity index (χ2n) is 7.02. The van der Waals surface area contributed by atoms with Crippen LogP contribution in [0.1, 0.15) is 27.4 Å². The molecule has 4 rings (SSSR count). The summed E-state index contributed by atoms with van der Waals surface area (Å²) in [5, 5.41) is 14.2. The van der Waals surface area contributed by atoms with Crippen LogP contribution in [0.25, 0.3) is 0 Å². The van der Waals surface area contributed by atoms with Crippen LogP contribution in [0.3, 0.4) is 0 Å². The van der Waals surface area contributed by atoms with Crippen LogP contribution >= 0.6 is 11.3 Å². The summed E-state index contributed by atoms with van der Waals surface area (Å²) in [6.07, 6.45) is 3.30. The molecule has 10 heteroatoms. The molecule has 0 aliphatic carbocycles. The fourth-order valence-electron chi connectivity index (χ4n) is 3.40. The monoisotopic (exact) mass is 436 g/mol. The minimum atomic E-state index is -0.291. The number of aryl methyl sites for hydroxylation is 1.